The van der Waals surface area contributed by atoms with Crippen LogP contribution in [0, 0.1) is 0 Å². The molecule has 0 unspecified atom stereocenters. The Morgan fingerprint density at radius 1 is 1.16 bits per heavy atom. The fourth-order valence-corrected chi connectivity index (χ4v) is 3.16. The van der Waals surface area contributed by atoms with Crippen LogP contribution in [0.5, 0.6) is 5.75 Å². The van der Waals surface area contributed by atoms with Crippen LogP contribution in [0.2, 0.25) is 0 Å². The first-order valence-electron chi connectivity index (χ1n) is 8.55. The number of benzene rings is 1. The van der Waals surface area contributed by atoms with Crippen molar-refractivity contribution in [3.63, 3.8) is 0 Å². The van der Waals surface area contributed by atoms with Crippen LogP contribution in [0.25, 0.3) is 0 Å². The van der Waals surface area contributed by atoms with Crippen LogP contribution in [0.1, 0.15) is 18.4 Å². The minimum Gasteiger partial charge on any atom is -0.497 e. The second kappa shape index (κ2) is 7.84. The number of amides is 2. The first kappa shape index (κ1) is 17.7. The second-order valence-electron chi connectivity index (χ2n) is 6.29. The summed E-state index contributed by atoms with van der Waals surface area (Å²) in [7, 11) is 1.60. The maximum absolute atomic E-state index is 12.3. The number of piperidine rings is 1. The highest BCUT2D eigenvalue weighted by atomic mass is 16.7. The highest BCUT2D eigenvalue weighted by Crippen LogP contribution is 2.31. The minimum absolute atomic E-state index is 0.0176. The number of hydrogen-bond donors (Lipinski definition) is 1. The first-order chi connectivity index (χ1) is 12.1. The average molecular weight is 348 g/mol. The van der Waals surface area contributed by atoms with E-state index in [4.69, 9.17) is 14.2 Å². The summed E-state index contributed by atoms with van der Waals surface area (Å²) in [4.78, 5) is 26.0. The molecule has 0 bridgehead atoms. The van der Waals surface area contributed by atoms with Gasteiger partial charge in [-0.2, -0.15) is 0 Å². The zero-order valence-electron chi connectivity index (χ0n) is 14.5. The molecule has 1 spiro atoms. The predicted octanol–water partition coefficient (Wildman–Crippen LogP) is 0.719. The van der Waals surface area contributed by atoms with Gasteiger partial charge in [-0.1, -0.05) is 12.1 Å². The molecule has 1 N–H and O–H groups in total. The molecule has 136 valence electrons. The fraction of sp³-hybridized carbons (Fsp3) is 0.556. The number of rotatable bonds is 5. The Hall–Kier alpha value is -2.12. The SMILES string of the molecule is COc1ccc(CC(=O)NCC(=O)N2CCC3(CC2)OCCO3)cc1. The van der Waals surface area contributed by atoms with Gasteiger partial charge in [0.15, 0.2) is 5.79 Å². The topological polar surface area (TPSA) is 77.1 Å². The van der Waals surface area contributed by atoms with Gasteiger partial charge in [-0.05, 0) is 17.7 Å². The molecule has 2 heterocycles. The van der Waals surface area contributed by atoms with Gasteiger partial charge in [-0.25, -0.2) is 0 Å². The minimum atomic E-state index is -0.492. The lowest BCUT2D eigenvalue weighted by molar-refractivity contribution is -0.187. The summed E-state index contributed by atoms with van der Waals surface area (Å²) in [6, 6.07) is 7.30. The quantitative estimate of drug-likeness (QED) is 0.848. The van der Waals surface area contributed by atoms with Gasteiger partial charge in [0, 0.05) is 25.9 Å². The lowest BCUT2D eigenvalue weighted by Crippen LogP contribution is -2.49. The number of likely N-dealkylation sites (tertiary alicyclic amines) is 1. The Labute approximate surface area is 147 Å². The Kier molecular flexibility index (Phi) is 5.55. The van der Waals surface area contributed by atoms with E-state index < -0.39 is 5.79 Å². The van der Waals surface area contributed by atoms with E-state index >= 15 is 0 Å². The van der Waals surface area contributed by atoms with Crippen LogP contribution in [-0.2, 0) is 25.5 Å². The van der Waals surface area contributed by atoms with Crippen LogP contribution in [0.4, 0.5) is 0 Å². The molecule has 1 aromatic rings. The third-order valence-corrected chi connectivity index (χ3v) is 4.65. The van der Waals surface area contributed by atoms with Gasteiger partial charge >= 0.3 is 0 Å². The number of nitrogens with zero attached hydrogens (tertiary/aromatic N) is 1. The Balaban J connectivity index is 1.40. The van der Waals surface area contributed by atoms with E-state index in [2.05, 4.69) is 5.32 Å². The standard InChI is InChI=1S/C18H24N2O5/c1-23-15-4-2-14(3-5-15)12-16(21)19-13-17(22)20-8-6-18(7-9-20)24-10-11-25-18/h2-5H,6-13H2,1H3,(H,19,21). The number of hydrogen-bond acceptors (Lipinski definition) is 5. The molecule has 2 aliphatic rings. The molecular weight excluding hydrogens is 324 g/mol. The second-order valence-corrected chi connectivity index (χ2v) is 6.29. The van der Waals surface area contributed by atoms with Crippen molar-refractivity contribution < 1.29 is 23.8 Å². The first-order valence-corrected chi connectivity index (χ1v) is 8.55. The van der Waals surface area contributed by atoms with Gasteiger partial charge in [0.05, 0.1) is 33.3 Å². The van der Waals surface area contributed by atoms with Crippen molar-refractivity contribution in [1.29, 1.82) is 0 Å². The molecule has 2 amide bonds. The molecule has 7 nitrogen and oxygen atoms in total. The molecule has 0 saturated carbocycles. The van der Waals surface area contributed by atoms with Gasteiger partial charge in [0.2, 0.25) is 11.8 Å². The average Bonchev–Trinajstić information content (AvgIpc) is 3.09. The molecule has 2 fully saturated rings. The highest BCUT2D eigenvalue weighted by molar-refractivity contribution is 5.85. The normalized spacial score (nSPS) is 19.0. The predicted molar refractivity (Wildman–Crippen MR) is 90.2 cm³/mol. The summed E-state index contributed by atoms with van der Waals surface area (Å²) in [6.45, 7) is 2.44. The van der Waals surface area contributed by atoms with Gasteiger partial charge in [-0.15, -0.1) is 0 Å². The molecule has 0 aromatic heterocycles. The molecule has 1 aromatic carbocycles. The van der Waals surface area contributed by atoms with E-state index in [1.165, 1.54) is 0 Å². The van der Waals surface area contributed by atoms with Gasteiger partial charge in [0.25, 0.3) is 0 Å². The molecule has 0 radical (unpaired) electrons. The van der Waals surface area contributed by atoms with Gasteiger partial charge < -0.3 is 24.4 Å². The summed E-state index contributed by atoms with van der Waals surface area (Å²) in [6.07, 6.45) is 1.60. The lowest BCUT2D eigenvalue weighted by Gasteiger charge is -2.37. The van der Waals surface area contributed by atoms with Gasteiger partial charge in [0.1, 0.15) is 5.75 Å². The Morgan fingerprint density at radius 2 is 1.80 bits per heavy atom. The maximum atomic E-state index is 12.3. The molecular formula is C18H24N2O5. The Morgan fingerprint density at radius 3 is 2.40 bits per heavy atom. The van der Waals surface area contributed by atoms with E-state index in [9.17, 15) is 9.59 Å². The number of ether oxygens (including phenoxy) is 3. The smallest absolute Gasteiger partial charge is 0.241 e. The maximum Gasteiger partial charge on any atom is 0.241 e. The zero-order chi connectivity index (χ0) is 17.7. The van der Waals surface area contributed by atoms with Crippen molar-refractivity contribution in [2.24, 2.45) is 0 Å². The summed E-state index contributed by atoms with van der Waals surface area (Å²) in [5.74, 6) is 0.0109. The molecule has 3 rings (SSSR count). The van der Waals surface area contributed by atoms with E-state index in [-0.39, 0.29) is 24.8 Å². The van der Waals surface area contributed by atoms with Crippen LogP contribution < -0.4 is 10.1 Å². The van der Waals surface area contributed by atoms with Crippen molar-refractivity contribution in [2.75, 3.05) is 40.0 Å². The summed E-state index contributed by atoms with van der Waals surface area (Å²) < 4.78 is 16.4. The van der Waals surface area contributed by atoms with Crippen molar-refractivity contribution in [3.8, 4) is 5.75 Å². The number of carbonyl (C=O) groups is 2. The zero-order valence-corrected chi connectivity index (χ0v) is 14.5. The molecule has 25 heavy (non-hydrogen) atoms. The van der Waals surface area contributed by atoms with Crippen LogP contribution in [0.3, 0.4) is 0 Å². The summed E-state index contributed by atoms with van der Waals surface area (Å²) in [5, 5.41) is 2.69. The number of methoxy groups -OCH3 is 1. The van der Waals surface area contributed by atoms with Crippen molar-refractivity contribution in [1.82, 2.24) is 10.2 Å². The third kappa shape index (κ3) is 4.49. The third-order valence-electron chi connectivity index (χ3n) is 4.65. The van der Waals surface area contributed by atoms with Crippen LogP contribution in [0.15, 0.2) is 24.3 Å². The molecule has 2 saturated heterocycles. The molecule has 0 atom stereocenters. The van der Waals surface area contributed by atoms with Crippen molar-refractivity contribution in [3.05, 3.63) is 29.8 Å². The lowest BCUT2D eigenvalue weighted by atomic mass is 10.0. The number of carbonyl (C=O) groups excluding carboxylic acids is 2. The molecule has 7 heteroatoms. The summed E-state index contributed by atoms with van der Waals surface area (Å²) in [5.41, 5.74) is 0.876. The van der Waals surface area contributed by atoms with Gasteiger partial charge in [-0.3, -0.25) is 9.59 Å². The fourth-order valence-electron chi connectivity index (χ4n) is 3.16. The van der Waals surface area contributed by atoms with Crippen molar-refractivity contribution in [2.45, 2.75) is 25.0 Å². The number of nitrogens with one attached hydrogen (secondary N) is 1. The monoisotopic (exact) mass is 348 g/mol. The van der Waals surface area contributed by atoms with E-state index in [0.29, 0.717) is 39.1 Å². The van der Waals surface area contributed by atoms with Crippen LogP contribution >= 0.6 is 0 Å². The van der Waals surface area contributed by atoms with Crippen LogP contribution in [-0.4, -0.2) is 62.5 Å². The van der Waals surface area contributed by atoms with Crippen molar-refractivity contribution >= 4 is 11.8 Å². The van der Waals surface area contributed by atoms with E-state index in [1.807, 2.05) is 24.3 Å². The molecule has 0 aliphatic carbocycles. The largest absolute Gasteiger partial charge is 0.497 e. The highest BCUT2D eigenvalue weighted by Gasteiger charge is 2.40. The van der Waals surface area contributed by atoms with E-state index in [0.717, 1.165) is 11.3 Å². The Bertz CT molecular complexity index is 600. The molecule has 2 aliphatic heterocycles. The summed E-state index contributed by atoms with van der Waals surface area (Å²) >= 11 is 0. The van der Waals surface area contributed by atoms with E-state index in [1.54, 1.807) is 12.0 Å².